The van der Waals surface area contributed by atoms with Crippen LogP contribution in [0.5, 0.6) is 0 Å². The van der Waals surface area contributed by atoms with E-state index in [0.717, 1.165) is 0 Å². The largest absolute Gasteiger partial charge is 0.271 e. The first-order chi connectivity index (χ1) is 6.81. The van der Waals surface area contributed by atoms with E-state index in [1.54, 1.807) is 0 Å². The molecular formula is C12H18N2. The quantitative estimate of drug-likeness (QED) is 0.553. The second-order valence-electron chi connectivity index (χ2n) is 4.12. The maximum Gasteiger partial charge on any atom is 0.0431 e. The summed E-state index contributed by atoms with van der Waals surface area (Å²) in [6.07, 6.45) is 5.17. The summed E-state index contributed by atoms with van der Waals surface area (Å²) in [5, 5.41) is 0. The van der Waals surface area contributed by atoms with Gasteiger partial charge in [0.1, 0.15) is 0 Å². The van der Waals surface area contributed by atoms with Crippen LogP contribution in [0.2, 0.25) is 0 Å². The van der Waals surface area contributed by atoms with Crippen molar-refractivity contribution in [3.8, 4) is 0 Å². The molecule has 0 aromatic heterocycles. The molecule has 1 aromatic carbocycles. The zero-order valence-electron chi connectivity index (χ0n) is 8.72. The topological polar surface area (TPSA) is 38.0 Å². The highest BCUT2D eigenvalue weighted by Gasteiger charge is 2.11. The van der Waals surface area contributed by atoms with Crippen molar-refractivity contribution in [3.05, 3.63) is 34.9 Å². The number of fused-ring (bicyclic) bond motifs is 1. The third-order valence-corrected chi connectivity index (χ3v) is 3.12. The molecule has 0 radical (unpaired) electrons. The van der Waals surface area contributed by atoms with Crippen LogP contribution in [0.3, 0.4) is 0 Å². The number of nitrogens with one attached hydrogen (secondary N) is 1. The fourth-order valence-electron chi connectivity index (χ4n) is 2.12. The van der Waals surface area contributed by atoms with Gasteiger partial charge >= 0.3 is 0 Å². The van der Waals surface area contributed by atoms with Gasteiger partial charge in [-0.15, -0.1) is 0 Å². The van der Waals surface area contributed by atoms with Crippen molar-refractivity contribution in [2.75, 3.05) is 0 Å². The molecule has 0 saturated carbocycles. The van der Waals surface area contributed by atoms with Gasteiger partial charge in [-0.25, -0.2) is 0 Å². The van der Waals surface area contributed by atoms with Crippen LogP contribution in [-0.4, -0.2) is 0 Å². The maximum atomic E-state index is 5.43. The fourth-order valence-corrected chi connectivity index (χ4v) is 2.12. The molecule has 1 aliphatic rings. The molecule has 2 heteroatoms. The minimum atomic E-state index is 0.252. The van der Waals surface area contributed by atoms with Crippen LogP contribution in [0.4, 0.5) is 0 Å². The lowest BCUT2D eigenvalue weighted by atomic mass is 9.89. The minimum Gasteiger partial charge on any atom is -0.271 e. The summed E-state index contributed by atoms with van der Waals surface area (Å²) in [7, 11) is 0. The van der Waals surface area contributed by atoms with Gasteiger partial charge in [-0.05, 0) is 49.3 Å². The van der Waals surface area contributed by atoms with Gasteiger partial charge in [0.25, 0.3) is 0 Å². The first-order valence-corrected chi connectivity index (χ1v) is 5.39. The van der Waals surface area contributed by atoms with Gasteiger partial charge in [0, 0.05) is 6.04 Å². The van der Waals surface area contributed by atoms with Gasteiger partial charge in [0.2, 0.25) is 0 Å². The molecule has 2 nitrogen and oxygen atoms in total. The molecule has 1 aromatic rings. The second-order valence-corrected chi connectivity index (χ2v) is 4.12. The molecule has 76 valence electrons. The lowest BCUT2D eigenvalue weighted by molar-refractivity contribution is 0.599. The van der Waals surface area contributed by atoms with Gasteiger partial charge in [0.05, 0.1) is 0 Å². The minimum absolute atomic E-state index is 0.252. The van der Waals surface area contributed by atoms with Crippen molar-refractivity contribution in [3.63, 3.8) is 0 Å². The summed E-state index contributed by atoms with van der Waals surface area (Å²) in [6.45, 7) is 2.09. The van der Waals surface area contributed by atoms with E-state index in [1.165, 1.54) is 42.4 Å². The number of rotatable bonds is 2. The number of benzene rings is 1. The molecule has 0 amide bonds. The van der Waals surface area contributed by atoms with Crippen molar-refractivity contribution < 1.29 is 0 Å². The number of hydrazine groups is 1. The van der Waals surface area contributed by atoms with Crippen molar-refractivity contribution in [1.29, 1.82) is 0 Å². The Balaban J connectivity index is 2.29. The van der Waals surface area contributed by atoms with E-state index in [4.69, 9.17) is 5.84 Å². The fraction of sp³-hybridized carbons (Fsp3) is 0.500. The van der Waals surface area contributed by atoms with Crippen LogP contribution in [-0.2, 0) is 12.8 Å². The SMILES string of the molecule is C[C@@H](NN)c1ccc2c(c1)CCCC2. The summed E-state index contributed by atoms with van der Waals surface area (Å²) >= 11 is 0. The van der Waals surface area contributed by atoms with Crippen LogP contribution in [0, 0.1) is 0 Å². The lowest BCUT2D eigenvalue weighted by Gasteiger charge is -2.18. The zero-order valence-corrected chi connectivity index (χ0v) is 8.72. The monoisotopic (exact) mass is 190 g/mol. The summed E-state index contributed by atoms with van der Waals surface area (Å²) in [4.78, 5) is 0. The van der Waals surface area contributed by atoms with Crippen LogP contribution < -0.4 is 11.3 Å². The van der Waals surface area contributed by atoms with Crippen LogP contribution in [0.15, 0.2) is 18.2 Å². The molecule has 0 aliphatic heterocycles. The van der Waals surface area contributed by atoms with E-state index in [-0.39, 0.29) is 6.04 Å². The second kappa shape index (κ2) is 4.11. The molecule has 14 heavy (non-hydrogen) atoms. The molecule has 0 unspecified atom stereocenters. The number of hydrogen-bond acceptors (Lipinski definition) is 2. The summed E-state index contributed by atoms with van der Waals surface area (Å²) < 4.78 is 0. The van der Waals surface area contributed by atoms with Gasteiger partial charge in [-0.3, -0.25) is 11.3 Å². The third kappa shape index (κ3) is 1.81. The van der Waals surface area contributed by atoms with E-state index >= 15 is 0 Å². The van der Waals surface area contributed by atoms with Gasteiger partial charge in [0.15, 0.2) is 0 Å². The molecule has 0 spiro atoms. The predicted octanol–water partition coefficient (Wildman–Crippen LogP) is 2.09. The van der Waals surface area contributed by atoms with E-state index in [0.29, 0.717) is 0 Å². The van der Waals surface area contributed by atoms with Crippen LogP contribution >= 0.6 is 0 Å². The van der Waals surface area contributed by atoms with Gasteiger partial charge < -0.3 is 0 Å². The Morgan fingerprint density at radius 2 is 1.93 bits per heavy atom. The summed E-state index contributed by atoms with van der Waals surface area (Å²) in [5.74, 6) is 5.43. The first-order valence-electron chi connectivity index (χ1n) is 5.39. The Bertz CT molecular complexity index is 320. The molecule has 1 atom stereocenters. The Morgan fingerprint density at radius 1 is 1.21 bits per heavy atom. The van der Waals surface area contributed by atoms with Crippen LogP contribution in [0.1, 0.15) is 42.5 Å². The maximum absolute atomic E-state index is 5.43. The molecule has 3 N–H and O–H groups in total. The number of nitrogens with two attached hydrogens (primary N) is 1. The molecule has 0 saturated heterocycles. The van der Waals surface area contributed by atoms with Crippen molar-refractivity contribution >= 4 is 0 Å². The number of aryl methyl sites for hydroxylation is 2. The van der Waals surface area contributed by atoms with Crippen molar-refractivity contribution in [1.82, 2.24) is 5.43 Å². The average Bonchev–Trinajstić information content (AvgIpc) is 2.27. The normalized spacial score (nSPS) is 17.6. The summed E-state index contributed by atoms with van der Waals surface area (Å²) in [6, 6.07) is 7.01. The zero-order chi connectivity index (χ0) is 9.97. The Morgan fingerprint density at radius 3 is 2.64 bits per heavy atom. The molecular weight excluding hydrogens is 172 g/mol. The lowest BCUT2D eigenvalue weighted by Crippen LogP contribution is -2.25. The molecule has 0 bridgehead atoms. The van der Waals surface area contributed by atoms with E-state index < -0.39 is 0 Å². The highest BCUT2D eigenvalue weighted by molar-refractivity contribution is 5.34. The van der Waals surface area contributed by atoms with E-state index in [9.17, 15) is 0 Å². The van der Waals surface area contributed by atoms with Gasteiger partial charge in [-0.2, -0.15) is 0 Å². The predicted molar refractivity (Wildman–Crippen MR) is 58.8 cm³/mol. The number of hydrogen-bond donors (Lipinski definition) is 2. The Hall–Kier alpha value is -0.860. The Labute approximate surface area is 85.5 Å². The highest BCUT2D eigenvalue weighted by atomic mass is 15.2. The van der Waals surface area contributed by atoms with Crippen molar-refractivity contribution in [2.24, 2.45) is 5.84 Å². The van der Waals surface area contributed by atoms with E-state index in [1.807, 2.05) is 0 Å². The molecule has 1 aliphatic carbocycles. The average molecular weight is 190 g/mol. The summed E-state index contributed by atoms with van der Waals surface area (Å²) in [5.41, 5.74) is 7.14. The smallest absolute Gasteiger partial charge is 0.0431 e. The highest BCUT2D eigenvalue weighted by Crippen LogP contribution is 2.24. The Kier molecular flexibility index (Phi) is 2.85. The molecule has 2 rings (SSSR count). The first kappa shape index (κ1) is 9.69. The standard InChI is InChI=1S/C12H18N2/c1-9(14-13)11-7-6-10-4-2-3-5-12(10)8-11/h6-9,14H,2-5,13H2,1H3/t9-/m1/s1. The van der Waals surface area contributed by atoms with E-state index in [2.05, 4.69) is 30.5 Å². The van der Waals surface area contributed by atoms with Crippen molar-refractivity contribution in [2.45, 2.75) is 38.6 Å². The molecule has 0 fully saturated rings. The molecule has 0 heterocycles. The third-order valence-electron chi connectivity index (χ3n) is 3.12. The van der Waals surface area contributed by atoms with Gasteiger partial charge in [-0.1, -0.05) is 18.2 Å². The van der Waals surface area contributed by atoms with Crippen LogP contribution in [0.25, 0.3) is 0 Å².